The summed E-state index contributed by atoms with van der Waals surface area (Å²) in [6, 6.07) is 5.87. The largest absolute Gasteiger partial charge is 0.491 e. The third-order valence-corrected chi connectivity index (χ3v) is 6.35. The molecule has 0 unspecified atom stereocenters. The summed E-state index contributed by atoms with van der Waals surface area (Å²) in [5.41, 5.74) is 9.52. The highest BCUT2D eigenvalue weighted by Crippen LogP contribution is 2.39. The molecule has 0 radical (unpaired) electrons. The van der Waals surface area contributed by atoms with Crippen molar-refractivity contribution in [3.8, 4) is 17.0 Å². The van der Waals surface area contributed by atoms with Gasteiger partial charge in [0.05, 0.1) is 32.6 Å². The number of aromatic nitrogens is 3. The number of nitrogens with zero attached hydrogens (tertiary/aromatic N) is 6. The van der Waals surface area contributed by atoms with E-state index in [2.05, 4.69) is 26.9 Å². The predicted octanol–water partition coefficient (Wildman–Crippen LogP) is 3.15. The van der Waals surface area contributed by atoms with Crippen LogP contribution in [0.3, 0.4) is 0 Å². The van der Waals surface area contributed by atoms with Crippen molar-refractivity contribution in [2.75, 3.05) is 33.0 Å². The number of ether oxygens (including phenoxy) is 6. The SMILES string of the molecule is C=CCO[C@H]1O[C@H](Cn2cc(-c3cccc(OCCOCCN=[N+]=[N-])c3)nn2)[C@@H]2OC(C)(C)O[C@@H]2[C@H]1NC(=O)C(F)(F)F. The average molecular weight is 612 g/mol. The van der Waals surface area contributed by atoms with Crippen molar-refractivity contribution < 1.29 is 46.4 Å². The van der Waals surface area contributed by atoms with E-state index in [0.29, 0.717) is 24.7 Å². The zero-order valence-electron chi connectivity index (χ0n) is 23.5. The number of rotatable bonds is 14. The van der Waals surface area contributed by atoms with E-state index in [-0.39, 0.29) is 26.3 Å². The molecule has 234 valence electrons. The van der Waals surface area contributed by atoms with E-state index < -0.39 is 48.5 Å². The molecule has 5 atom stereocenters. The summed E-state index contributed by atoms with van der Waals surface area (Å²) in [5.74, 6) is -2.74. The Morgan fingerprint density at radius 3 is 2.81 bits per heavy atom. The Morgan fingerprint density at radius 1 is 1.28 bits per heavy atom. The molecule has 0 aliphatic carbocycles. The Labute approximate surface area is 244 Å². The lowest BCUT2D eigenvalue weighted by molar-refractivity contribution is -0.246. The first-order chi connectivity index (χ1) is 20.5. The van der Waals surface area contributed by atoms with Crippen molar-refractivity contribution in [1.82, 2.24) is 20.3 Å². The number of benzene rings is 1. The van der Waals surface area contributed by atoms with Crippen LogP contribution in [-0.4, -0.2) is 96.5 Å². The van der Waals surface area contributed by atoms with Crippen molar-refractivity contribution in [2.24, 2.45) is 5.11 Å². The molecule has 0 bridgehead atoms. The quantitative estimate of drug-likeness (QED) is 0.111. The molecule has 43 heavy (non-hydrogen) atoms. The fourth-order valence-corrected chi connectivity index (χ4v) is 4.63. The summed E-state index contributed by atoms with van der Waals surface area (Å²) in [7, 11) is 0. The molecule has 2 aromatic rings. The van der Waals surface area contributed by atoms with Crippen molar-refractivity contribution in [3.63, 3.8) is 0 Å². The molecule has 2 saturated heterocycles. The summed E-state index contributed by atoms with van der Waals surface area (Å²) in [4.78, 5) is 14.5. The van der Waals surface area contributed by atoms with Gasteiger partial charge < -0.3 is 33.7 Å². The number of alkyl halides is 3. The first-order valence-electron chi connectivity index (χ1n) is 13.3. The maximum absolute atomic E-state index is 13.1. The van der Waals surface area contributed by atoms with Crippen LogP contribution >= 0.6 is 0 Å². The van der Waals surface area contributed by atoms with Gasteiger partial charge >= 0.3 is 12.1 Å². The van der Waals surface area contributed by atoms with Gasteiger partial charge in [-0.1, -0.05) is 28.5 Å². The number of hydrogen-bond donors (Lipinski definition) is 1. The van der Waals surface area contributed by atoms with Gasteiger partial charge in [0.1, 0.15) is 42.4 Å². The van der Waals surface area contributed by atoms with Gasteiger partial charge in [0, 0.05) is 17.0 Å². The summed E-state index contributed by atoms with van der Waals surface area (Å²) < 4.78 is 75.5. The standard InChI is InChI=1S/C26H32F3N7O7/c1-4-9-40-23-20(32-24(37)26(27,28)29)22-21(42-25(2,3)43-22)19(41-23)15-36-14-18(33-35-36)16-6-5-7-17(13-16)39-12-11-38-10-8-31-34-30/h4-7,13-14,19-23H,1,8-12,15H2,2-3H3,(H,32,37)/t19-,20-,21+,22-,23+/m1/s1. The third kappa shape index (κ3) is 8.65. The van der Waals surface area contributed by atoms with E-state index in [4.69, 9.17) is 34.0 Å². The number of carbonyl (C=O) groups excluding carboxylic acids is 1. The normalized spacial score (nSPS) is 24.5. The van der Waals surface area contributed by atoms with Crippen LogP contribution in [0.25, 0.3) is 21.7 Å². The number of halogens is 3. The van der Waals surface area contributed by atoms with Crippen LogP contribution in [0.2, 0.25) is 0 Å². The lowest BCUT2D eigenvalue weighted by Crippen LogP contribution is -2.65. The van der Waals surface area contributed by atoms with E-state index in [0.717, 1.165) is 5.56 Å². The zero-order valence-corrected chi connectivity index (χ0v) is 23.5. The number of nitrogens with one attached hydrogen (secondary N) is 1. The second-order valence-corrected chi connectivity index (χ2v) is 10.00. The van der Waals surface area contributed by atoms with Crippen molar-refractivity contribution in [1.29, 1.82) is 0 Å². The number of carbonyl (C=O) groups is 1. The highest BCUT2D eigenvalue weighted by Gasteiger charge is 2.57. The fourth-order valence-electron chi connectivity index (χ4n) is 4.63. The minimum atomic E-state index is -5.12. The Balaban J connectivity index is 1.45. The molecule has 1 amide bonds. The Bertz CT molecular complexity index is 1300. The second kappa shape index (κ2) is 14.2. The first-order valence-corrected chi connectivity index (χ1v) is 13.3. The molecular formula is C26H32F3N7O7. The minimum Gasteiger partial charge on any atom is -0.491 e. The number of amides is 1. The van der Waals surface area contributed by atoms with Crippen LogP contribution in [0.15, 0.2) is 48.2 Å². The maximum Gasteiger partial charge on any atom is 0.471 e. The highest BCUT2D eigenvalue weighted by molar-refractivity contribution is 5.82. The first kappa shape index (κ1) is 32.2. The molecule has 0 saturated carbocycles. The maximum atomic E-state index is 13.1. The van der Waals surface area contributed by atoms with Gasteiger partial charge in [0.15, 0.2) is 12.1 Å². The second-order valence-electron chi connectivity index (χ2n) is 10.00. The summed E-state index contributed by atoms with van der Waals surface area (Å²) in [6.07, 6.45) is -6.01. The van der Waals surface area contributed by atoms with E-state index in [1.807, 2.05) is 11.4 Å². The molecule has 17 heteroatoms. The van der Waals surface area contributed by atoms with Crippen LogP contribution in [-0.2, 0) is 35.0 Å². The number of azide groups is 1. The van der Waals surface area contributed by atoms with Crippen molar-refractivity contribution in [3.05, 3.63) is 53.6 Å². The lowest BCUT2D eigenvalue weighted by Gasteiger charge is -2.42. The van der Waals surface area contributed by atoms with E-state index in [1.165, 1.54) is 10.8 Å². The smallest absolute Gasteiger partial charge is 0.471 e. The fraction of sp³-hybridized carbons (Fsp3) is 0.577. The summed E-state index contributed by atoms with van der Waals surface area (Å²) in [5, 5.41) is 13.8. The Hall–Kier alpha value is -3.73. The van der Waals surface area contributed by atoms with E-state index in [9.17, 15) is 18.0 Å². The highest BCUT2D eigenvalue weighted by atomic mass is 19.4. The zero-order chi connectivity index (χ0) is 31.0. The van der Waals surface area contributed by atoms with Gasteiger partial charge in [-0.25, -0.2) is 4.68 Å². The molecule has 1 aromatic heterocycles. The van der Waals surface area contributed by atoms with Gasteiger partial charge in [-0.2, -0.15) is 13.2 Å². The molecule has 1 aromatic carbocycles. The molecular weight excluding hydrogens is 579 g/mol. The topological polar surface area (TPSA) is 164 Å². The lowest BCUT2D eigenvalue weighted by atomic mass is 9.96. The van der Waals surface area contributed by atoms with Crippen molar-refractivity contribution >= 4 is 5.91 Å². The molecule has 4 rings (SSSR count). The Kier molecular flexibility index (Phi) is 10.6. The van der Waals surface area contributed by atoms with Gasteiger partial charge in [0.25, 0.3) is 0 Å². The van der Waals surface area contributed by atoms with Gasteiger partial charge in [-0.3, -0.25) is 4.79 Å². The Morgan fingerprint density at radius 2 is 2.07 bits per heavy atom. The molecule has 14 nitrogen and oxygen atoms in total. The van der Waals surface area contributed by atoms with Crippen LogP contribution in [0.1, 0.15) is 13.8 Å². The molecule has 1 N–H and O–H groups in total. The van der Waals surface area contributed by atoms with Crippen LogP contribution in [0, 0.1) is 0 Å². The van der Waals surface area contributed by atoms with Crippen LogP contribution in [0.5, 0.6) is 5.75 Å². The summed E-state index contributed by atoms with van der Waals surface area (Å²) >= 11 is 0. The minimum absolute atomic E-state index is 0.0504. The molecule has 2 aliphatic heterocycles. The van der Waals surface area contributed by atoms with E-state index >= 15 is 0 Å². The average Bonchev–Trinajstić information content (AvgIpc) is 3.56. The van der Waals surface area contributed by atoms with Gasteiger partial charge in [0.2, 0.25) is 0 Å². The van der Waals surface area contributed by atoms with E-state index in [1.54, 1.807) is 38.2 Å². The monoisotopic (exact) mass is 611 g/mol. The predicted molar refractivity (Wildman–Crippen MR) is 142 cm³/mol. The number of hydrogen-bond acceptors (Lipinski definition) is 10. The molecule has 2 fully saturated rings. The molecule has 3 heterocycles. The van der Waals surface area contributed by atoms with Gasteiger partial charge in [-0.05, 0) is 31.5 Å². The van der Waals surface area contributed by atoms with Gasteiger partial charge in [-0.15, -0.1) is 11.7 Å². The van der Waals surface area contributed by atoms with Crippen LogP contribution < -0.4 is 10.1 Å². The van der Waals surface area contributed by atoms with Crippen molar-refractivity contribution in [2.45, 2.75) is 63.0 Å². The third-order valence-electron chi connectivity index (χ3n) is 6.35. The molecule has 2 aliphatic rings. The molecule has 0 spiro atoms. The summed E-state index contributed by atoms with van der Waals surface area (Å²) in [6.45, 7) is 7.96. The number of fused-ring (bicyclic) bond motifs is 1. The van der Waals surface area contributed by atoms with Crippen LogP contribution in [0.4, 0.5) is 13.2 Å².